The maximum atomic E-state index is 11.8. The van der Waals surface area contributed by atoms with Gasteiger partial charge in [0, 0.05) is 12.2 Å². The van der Waals surface area contributed by atoms with E-state index in [0.29, 0.717) is 13.2 Å². The van der Waals surface area contributed by atoms with E-state index < -0.39 is 0 Å². The van der Waals surface area contributed by atoms with Gasteiger partial charge in [-0.05, 0) is 43.7 Å². The molecule has 116 valence electrons. The quantitative estimate of drug-likeness (QED) is 0.825. The van der Waals surface area contributed by atoms with E-state index in [1.807, 2.05) is 62.4 Å². The van der Waals surface area contributed by atoms with Crippen LogP contribution in [0, 0.1) is 6.92 Å². The smallest absolute Gasteiger partial charge is 0.239 e. The lowest BCUT2D eigenvalue weighted by Gasteiger charge is -2.09. The van der Waals surface area contributed by atoms with Crippen molar-refractivity contribution in [1.82, 2.24) is 5.32 Å². The molecule has 0 heterocycles. The summed E-state index contributed by atoms with van der Waals surface area (Å²) in [6.45, 7) is 5.44. The molecule has 22 heavy (non-hydrogen) atoms. The predicted molar refractivity (Wildman–Crippen MR) is 89.1 cm³/mol. The monoisotopic (exact) mass is 298 g/mol. The fraction of sp³-hybridized carbons (Fsp3) is 0.278. The molecule has 1 amide bonds. The lowest BCUT2D eigenvalue weighted by molar-refractivity contribution is -0.119. The molecule has 0 aliphatic carbocycles. The fourth-order valence-electron chi connectivity index (χ4n) is 1.99. The largest absolute Gasteiger partial charge is 0.494 e. The van der Waals surface area contributed by atoms with Crippen LogP contribution in [0.15, 0.2) is 48.5 Å². The van der Waals surface area contributed by atoms with Gasteiger partial charge in [0.25, 0.3) is 0 Å². The van der Waals surface area contributed by atoms with Crippen LogP contribution in [0.5, 0.6) is 5.75 Å². The number of ether oxygens (including phenoxy) is 1. The first kappa shape index (κ1) is 15.9. The molecule has 0 spiro atoms. The van der Waals surface area contributed by atoms with Crippen molar-refractivity contribution in [2.45, 2.75) is 20.4 Å². The average molecular weight is 298 g/mol. The van der Waals surface area contributed by atoms with Crippen LogP contribution in [-0.4, -0.2) is 19.1 Å². The van der Waals surface area contributed by atoms with Crippen LogP contribution in [0.3, 0.4) is 0 Å². The first-order valence-corrected chi connectivity index (χ1v) is 7.46. The van der Waals surface area contributed by atoms with E-state index in [4.69, 9.17) is 4.74 Å². The Morgan fingerprint density at radius 3 is 2.36 bits per heavy atom. The molecule has 0 bridgehead atoms. The van der Waals surface area contributed by atoms with Gasteiger partial charge in [0.05, 0.1) is 13.2 Å². The van der Waals surface area contributed by atoms with E-state index in [1.165, 1.54) is 5.56 Å². The molecule has 0 radical (unpaired) electrons. The minimum absolute atomic E-state index is 0.0329. The van der Waals surface area contributed by atoms with Gasteiger partial charge in [-0.25, -0.2) is 0 Å². The second kappa shape index (κ2) is 8.08. The summed E-state index contributed by atoms with van der Waals surface area (Å²) in [6, 6.07) is 15.7. The molecule has 0 saturated heterocycles. The highest BCUT2D eigenvalue weighted by Gasteiger charge is 2.02. The highest BCUT2D eigenvalue weighted by atomic mass is 16.5. The summed E-state index contributed by atoms with van der Waals surface area (Å²) in [5, 5.41) is 5.99. The molecule has 0 aliphatic rings. The van der Waals surface area contributed by atoms with Gasteiger partial charge in [0.1, 0.15) is 5.75 Å². The summed E-state index contributed by atoms with van der Waals surface area (Å²) in [4.78, 5) is 11.8. The van der Waals surface area contributed by atoms with E-state index >= 15 is 0 Å². The zero-order valence-corrected chi connectivity index (χ0v) is 13.1. The Kier molecular flexibility index (Phi) is 5.83. The van der Waals surface area contributed by atoms with E-state index in [0.717, 1.165) is 17.0 Å². The zero-order chi connectivity index (χ0) is 15.8. The van der Waals surface area contributed by atoms with Crippen LogP contribution in [-0.2, 0) is 11.3 Å². The van der Waals surface area contributed by atoms with E-state index in [1.54, 1.807) is 0 Å². The van der Waals surface area contributed by atoms with E-state index in [9.17, 15) is 4.79 Å². The van der Waals surface area contributed by atoms with Gasteiger partial charge in [-0.15, -0.1) is 0 Å². The lowest BCUT2D eigenvalue weighted by atomic mass is 10.1. The number of amides is 1. The lowest BCUT2D eigenvalue weighted by Crippen LogP contribution is -2.29. The van der Waals surface area contributed by atoms with Gasteiger partial charge >= 0.3 is 0 Å². The third-order valence-corrected chi connectivity index (χ3v) is 3.23. The number of hydrogen-bond acceptors (Lipinski definition) is 3. The fourth-order valence-corrected chi connectivity index (χ4v) is 1.99. The topological polar surface area (TPSA) is 50.4 Å². The third kappa shape index (κ3) is 5.13. The van der Waals surface area contributed by atoms with E-state index in [2.05, 4.69) is 10.6 Å². The molecular formula is C18H22N2O2. The third-order valence-electron chi connectivity index (χ3n) is 3.23. The van der Waals surface area contributed by atoms with Crippen molar-refractivity contribution in [3.8, 4) is 5.75 Å². The SMILES string of the molecule is CCOc1ccc(NCC(=O)NCc2ccc(C)cc2)cc1. The highest BCUT2D eigenvalue weighted by molar-refractivity contribution is 5.80. The number of carbonyl (C=O) groups is 1. The van der Waals surface area contributed by atoms with Crippen molar-refractivity contribution in [3.63, 3.8) is 0 Å². The number of aryl methyl sites for hydroxylation is 1. The number of anilines is 1. The molecule has 0 aromatic heterocycles. The van der Waals surface area contributed by atoms with Crippen LogP contribution in [0.1, 0.15) is 18.1 Å². The molecule has 4 nitrogen and oxygen atoms in total. The zero-order valence-electron chi connectivity index (χ0n) is 13.1. The number of hydrogen-bond donors (Lipinski definition) is 2. The van der Waals surface area contributed by atoms with Crippen LogP contribution < -0.4 is 15.4 Å². The molecule has 2 aromatic carbocycles. The number of nitrogens with one attached hydrogen (secondary N) is 2. The molecule has 2 rings (SSSR count). The summed E-state index contributed by atoms with van der Waals surface area (Å²) in [7, 11) is 0. The van der Waals surface area contributed by atoms with Gasteiger partial charge in [-0.2, -0.15) is 0 Å². The van der Waals surface area contributed by atoms with Gasteiger partial charge in [0.2, 0.25) is 5.91 Å². The molecule has 2 aromatic rings. The molecule has 2 N–H and O–H groups in total. The first-order valence-electron chi connectivity index (χ1n) is 7.46. The number of rotatable bonds is 7. The Hall–Kier alpha value is -2.49. The minimum atomic E-state index is -0.0329. The summed E-state index contributed by atoms with van der Waals surface area (Å²) in [5.41, 5.74) is 3.21. The minimum Gasteiger partial charge on any atom is -0.494 e. The molecule has 4 heteroatoms. The molecule has 0 fully saturated rings. The second-order valence-electron chi connectivity index (χ2n) is 5.07. The molecule has 0 saturated carbocycles. The Balaban J connectivity index is 1.74. The Bertz CT molecular complexity index is 591. The summed E-state index contributed by atoms with van der Waals surface area (Å²) >= 11 is 0. The van der Waals surface area contributed by atoms with Gasteiger partial charge in [-0.1, -0.05) is 29.8 Å². The standard InChI is InChI=1S/C18H22N2O2/c1-3-22-17-10-8-16(9-11-17)19-13-18(21)20-12-15-6-4-14(2)5-7-15/h4-11,19H,3,12-13H2,1-2H3,(H,20,21). The van der Waals surface area contributed by atoms with Gasteiger partial charge in [-0.3, -0.25) is 4.79 Å². The molecular weight excluding hydrogens is 276 g/mol. The second-order valence-corrected chi connectivity index (χ2v) is 5.07. The molecule has 0 atom stereocenters. The first-order chi connectivity index (χ1) is 10.7. The van der Waals surface area contributed by atoms with Crippen molar-refractivity contribution in [2.75, 3.05) is 18.5 Å². The van der Waals surface area contributed by atoms with Crippen LogP contribution in [0.2, 0.25) is 0 Å². The van der Waals surface area contributed by atoms with E-state index in [-0.39, 0.29) is 12.5 Å². The average Bonchev–Trinajstić information content (AvgIpc) is 2.54. The van der Waals surface area contributed by atoms with Crippen LogP contribution in [0.25, 0.3) is 0 Å². The maximum Gasteiger partial charge on any atom is 0.239 e. The van der Waals surface area contributed by atoms with Crippen LogP contribution >= 0.6 is 0 Å². The van der Waals surface area contributed by atoms with Crippen LogP contribution in [0.4, 0.5) is 5.69 Å². The van der Waals surface area contributed by atoms with Crippen molar-refractivity contribution in [3.05, 3.63) is 59.7 Å². The molecule has 0 aliphatic heterocycles. The number of carbonyl (C=O) groups excluding carboxylic acids is 1. The maximum absolute atomic E-state index is 11.8. The number of benzene rings is 2. The molecule has 0 unspecified atom stereocenters. The Labute approximate surface area is 131 Å². The highest BCUT2D eigenvalue weighted by Crippen LogP contribution is 2.15. The normalized spacial score (nSPS) is 10.1. The van der Waals surface area contributed by atoms with Crippen molar-refractivity contribution < 1.29 is 9.53 Å². The summed E-state index contributed by atoms with van der Waals surface area (Å²) in [6.07, 6.45) is 0. The van der Waals surface area contributed by atoms with Crippen molar-refractivity contribution in [1.29, 1.82) is 0 Å². The summed E-state index contributed by atoms with van der Waals surface area (Å²) < 4.78 is 5.38. The summed E-state index contributed by atoms with van der Waals surface area (Å²) in [5.74, 6) is 0.798. The van der Waals surface area contributed by atoms with Gasteiger partial charge < -0.3 is 15.4 Å². The Morgan fingerprint density at radius 2 is 1.73 bits per heavy atom. The predicted octanol–water partition coefficient (Wildman–Crippen LogP) is 3.12. The van der Waals surface area contributed by atoms with Crippen molar-refractivity contribution in [2.24, 2.45) is 0 Å². The van der Waals surface area contributed by atoms with Gasteiger partial charge in [0.15, 0.2) is 0 Å². The van der Waals surface area contributed by atoms with Crippen molar-refractivity contribution >= 4 is 11.6 Å². The Morgan fingerprint density at radius 1 is 1.05 bits per heavy atom.